The molecule has 0 saturated carbocycles. The van der Waals surface area contributed by atoms with Gasteiger partial charge in [-0.1, -0.05) is 11.8 Å². The molecule has 1 fully saturated rings. The van der Waals surface area contributed by atoms with Crippen molar-refractivity contribution in [2.24, 2.45) is 7.05 Å². The molecule has 138 valence electrons. The van der Waals surface area contributed by atoms with Gasteiger partial charge in [0.25, 0.3) is 0 Å². The van der Waals surface area contributed by atoms with Gasteiger partial charge in [0.05, 0.1) is 24.0 Å². The van der Waals surface area contributed by atoms with Crippen molar-refractivity contribution in [3.05, 3.63) is 16.8 Å². The maximum atomic E-state index is 12.4. The van der Waals surface area contributed by atoms with Crippen LogP contribution in [-0.2, 0) is 23.1 Å². The monoisotopic (exact) mass is 375 g/mol. The molecule has 26 heavy (non-hydrogen) atoms. The molecule has 1 saturated heterocycles. The number of nitrogens with one attached hydrogen (secondary N) is 1. The van der Waals surface area contributed by atoms with E-state index in [-0.39, 0.29) is 17.8 Å². The summed E-state index contributed by atoms with van der Waals surface area (Å²) in [5.41, 5.74) is 2.35. The average molecular weight is 375 g/mol. The van der Waals surface area contributed by atoms with Gasteiger partial charge >= 0.3 is 0 Å². The predicted molar refractivity (Wildman–Crippen MR) is 95.7 cm³/mol. The van der Waals surface area contributed by atoms with E-state index in [1.165, 1.54) is 16.4 Å². The van der Waals surface area contributed by atoms with E-state index in [0.29, 0.717) is 23.1 Å². The molecule has 1 aliphatic rings. The van der Waals surface area contributed by atoms with Crippen LogP contribution in [0.4, 0.5) is 5.82 Å². The number of hydrogen-bond acceptors (Lipinski definition) is 7. The van der Waals surface area contributed by atoms with Crippen LogP contribution in [0.2, 0.25) is 0 Å². The first-order valence-electron chi connectivity index (χ1n) is 8.37. The lowest BCUT2D eigenvalue weighted by Crippen LogP contribution is -2.22. The van der Waals surface area contributed by atoms with Gasteiger partial charge in [-0.05, 0) is 42.7 Å². The lowest BCUT2D eigenvalue weighted by Gasteiger charge is -2.16. The van der Waals surface area contributed by atoms with Crippen LogP contribution >= 0.6 is 11.8 Å². The number of aryl methyl sites for hydroxylation is 1. The number of rotatable bonds is 6. The van der Waals surface area contributed by atoms with Gasteiger partial charge in [0.1, 0.15) is 11.9 Å². The molecule has 0 spiro atoms. The Labute approximate surface area is 155 Å². The molecule has 1 aliphatic heterocycles. The molecule has 1 atom stereocenters. The molecule has 0 aliphatic carbocycles. The average Bonchev–Trinajstić information content (AvgIpc) is 3.32. The van der Waals surface area contributed by atoms with Crippen LogP contribution in [0.15, 0.2) is 5.16 Å². The maximum absolute atomic E-state index is 12.4. The number of amides is 1. The SMILES string of the molecule is Cc1c(C#N)c(NC(=O)CSc2nnnn2C)n(C[C@@H]2CCCO2)c1C. The van der Waals surface area contributed by atoms with Gasteiger partial charge in [-0.2, -0.15) is 5.26 Å². The summed E-state index contributed by atoms with van der Waals surface area (Å²) in [6.07, 6.45) is 2.14. The molecule has 3 heterocycles. The Balaban J connectivity index is 1.76. The Morgan fingerprint density at radius 1 is 1.50 bits per heavy atom. The molecule has 0 bridgehead atoms. The largest absolute Gasteiger partial charge is 0.376 e. The lowest BCUT2D eigenvalue weighted by atomic mass is 10.2. The van der Waals surface area contributed by atoms with E-state index in [0.717, 1.165) is 30.7 Å². The van der Waals surface area contributed by atoms with Crippen LogP contribution in [0.3, 0.4) is 0 Å². The second kappa shape index (κ2) is 7.88. The highest BCUT2D eigenvalue weighted by atomic mass is 32.2. The molecule has 2 aromatic rings. The summed E-state index contributed by atoms with van der Waals surface area (Å²) in [5, 5.41) is 24.1. The zero-order chi connectivity index (χ0) is 18.7. The highest BCUT2D eigenvalue weighted by Crippen LogP contribution is 2.28. The summed E-state index contributed by atoms with van der Waals surface area (Å²) in [4.78, 5) is 12.4. The molecule has 10 heteroatoms. The van der Waals surface area contributed by atoms with Crippen molar-refractivity contribution in [3.63, 3.8) is 0 Å². The van der Waals surface area contributed by atoms with Crippen molar-refractivity contribution in [2.45, 2.75) is 44.5 Å². The minimum absolute atomic E-state index is 0.113. The Morgan fingerprint density at radius 3 is 2.92 bits per heavy atom. The second-order valence-corrected chi connectivity index (χ2v) is 7.16. The van der Waals surface area contributed by atoms with E-state index in [4.69, 9.17) is 4.74 Å². The van der Waals surface area contributed by atoms with Gasteiger partial charge in [-0.3, -0.25) is 4.79 Å². The molecule has 2 aromatic heterocycles. The van der Waals surface area contributed by atoms with E-state index in [1.807, 2.05) is 18.4 Å². The van der Waals surface area contributed by atoms with Crippen molar-refractivity contribution in [1.82, 2.24) is 24.8 Å². The maximum Gasteiger partial charge on any atom is 0.235 e. The van der Waals surface area contributed by atoms with Crippen LogP contribution in [0.5, 0.6) is 0 Å². The molecule has 1 amide bonds. The van der Waals surface area contributed by atoms with Gasteiger partial charge in [0.15, 0.2) is 0 Å². The van der Waals surface area contributed by atoms with Gasteiger partial charge in [-0.25, -0.2) is 4.68 Å². The summed E-state index contributed by atoms with van der Waals surface area (Å²) < 4.78 is 9.21. The first-order valence-corrected chi connectivity index (χ1v) is 9.36. The first kappa shape index (κ1) is 18.4. The van der Waals surface area contributed by atoms with E-state index < -0.39 is 0 Å². The minimum Gasteiger partial charge on any atom is -0.376 e. The molecule has 0 aromatic carbocycles. The van der Waals surface area contributed by atoms with Gasteiger partial charge < -0.3 is 14.6 Å². The van der Waals surface area contributed by atoms with Gasteiger partial charge in [-0.15, -0.1) is 5.10 Å². The fourth-order valence-corrected chi connectivity index (χ4v) is 3.64. The van der Waals surface area contributed by atoms with Crippen molar-refractivity contribution in [1.29, 1.82) is 5.26 Å². The van der Waals surface area contributed by atoms with Crippen LogP contribution in [0, 0.1) is 25.2 Å². The molecule has 1 N–H and O–H groups in total. The number of carbonyl (C=O) groups excluding carboxylic acids is 1. The number of anilines is 1. The third-order valence-electron chi connectivity index (χ3n) is 4.52. The van der Waals surface area contributed by atoms with E-state index in [2.05, 4.69) is 26.9 Å². The number of nitrogens with zero attached hydrogens (tertiary/aromatic N) is 6. The van der Waals surface area contributed by atoms with Gasteiger partial charge in [0, 0.05) is 19.3 Å². The number of tetrazole rings is 1. The Kier molecular flexibility index (Phi) is 5.58. The molecular formula is C16H21N7O2S. The number of carbonyl (C=O) groups is 1. The fourth-order valence-electron chi connectivity index (χ4n) is 2.99. The van der Waals surface area contributed by atoms with Crippen LogP contribution in [0.1, 0.15) is 29.7 Å². The summed E-state index contributed by atoms with van der Waals surface area (Å²) >= 11 is 1.24. The zero-order valence-corrected chi connectivity index (χ0v) is 15.8. The van der Waals surface area contributed by atoms with Crippen molar-refractivity contribution in [3.8, 4) is 6.07 Å². The fraction of sp³-hybridized carbons (Fsp3) is 0.562. The van der Waals surface area contributed by atoms with Crippen LogP contribution in [-0.4, -0.2) is 49.1 Å². The number of aromatic nitrogens is 5. The zero-order valence-electron chi connectivity index (χ0n) is 15.0. The summed E-state index contributed by atoms with van der Waals surface area (Å²) in [6, 6.07) is 2.21. The third-order valence-corrected chi connectivity index (χ3v) is 5.53. The van der Waals surface area contributed by atoms with Crippen LogP contribution < -0.4 is 5.32 Å². The molecule has 3 rings (SSSR count). The Morgan fingerprint density at radius 2 is 2.31 bits per heavy atom. The van der Waals surface area contributed by atoms with E-state index >= 15 is 0 Å². The van der Waals surface area contributed by atoms with Crippen LogP contribution in [0.25, 0.3) is 0 Å². The number of hydrogen-bond donors (Lipinski definition) is 1. The highest BCUT2D eigenvalue weighted by molar-refractivity contribution is 7.99. The van der Waals surface area contributed by atoms with E-state index in [1.54, 1.807) is 7.05 Å². The Hall–Kier alpha value is -2.38. The first-order chi connectivity index (χ1) is 12.5. The predicted octanol–water partition coefficient (Wildman–Crippen LogP) is 1.41. The second-order valence-electron chi connectivity index (χ2n) is 6.21. The quantitative estimate of drug-likeness (QED) is 0.760. The number of ether oxygens (including phenoxy) is 1. The summed E-state index contributed by atoms with van der Waals surface area (Å²) in [7, 11) is 1.72. The van der Waals surface area contributed by atoms with Crippen molar-refractivity contribution < 1.29 is 9.53 Å². The molecule has 0 unspecified atom stereocenters. The smallest absolute Gasteiger partial charge is 0.235 e. The minimum atomic E-state index is -0.208. The Bertz CT molecular complexity index is 846. The van der Waals surface area contributed by atoms with E-state index in [9.17, 15) is 10.1 Å². The summed E-state index contributed by atoms with van der Waals surface area (Å²) in [6.45, 7) is 5.25. The van der Waals surface area contributed by atoms with Crippen molar-refractivity contribution in [2.75, 3.05) is 17.7 Å². The van der Waals surface area contributed by atoms with Crippen molar-refractivity contribution >= 4 is 23.5 Å². The molecular weight excluding hydrogens is 354 g/mol. The van der Waals surface area contributed by atoms with Gasteiger partial charge in [0.2, 0.25) is 11.1 Å². The lowest BCUT2D eigenvalue weighted by molar-refractivity contribution is -0.113. The number of nitriles is 1. The highest BCUT2D eigenvalue weighted by Gasteiger charge is 2.24. The molecule has 9 nitrogen and oxygen atoms in total. The number of thioether (sulfide) groups is 1. The third kappa shape index (κ3) is 3.73. The molecule has 0 radical (unpaired) electrons. The normalized spacial score (nSPS) is 16.6. The summed E-state index contributed by atoms with van der Waals surface area (Å²) in [5.74, 6) is 0.489. The standard InChI is InChI=1S/C16H21N7O2S/c1-10-11(2)23(8-12-5-4-6-25-12)15(13(10)7-17)18-14(24)9-26-16-19-20-21-22(16)3/h12H,4-6,8-9H2,1-3H3,(H,18,24)/t12-/m0/s1. The topological polar surface area (TPSA) is 111 Å².